The fraction of sp³-hybridized carbons (Fsp3) is 0.286. The van der Waals surface area contributed by atoms with Crippen molar-refractivity contribution in [2.45, 2.75) is 19.0 Å². The van der Waals surface area contributed by atoms with Crippen molar-refractivity contribution >= 4 is 16.8 Å². The van der Waals surface area contributed by atoms with Gasteiger partial charge < -0.3 is 10.6 Å². The molecule has 1 aliphatic heterocycles. The predicted octanol–water partition coefficient (Wildman–Crippen LogP) is 1.21. The lowest BCUT2D eigenvalue weighted by Crippen LogP contribution is -2.30. The molecule has 18 heavy (non-hydrogen) atoms. The van der Waals surface area contributed by atoms with Gasteiger partial charge in [0.05, 0.1) is 5.52 Å². The van der Waals surface area contributed by atoms with Crippen LogP contribution in [0.5, 0.6) is 0 Å². The maximum atomic E-state index is 11.1. The van der Waals surface area contributed by atoms with Crippen molar-refractivity contribution in [1.29, 1.82) is 0 Å². The third-order valence-corrected chi connectivity index (χ3v) is 3.30. The van der Waals surface area contributed by atoms with Crippen LogP contribution in [0.2, 0.25) is 0 Å². The predicted molar refractivity (Wildman–Crippen MR) is 70.0 cm³/mol. The van der Waals surface area contributed by atoms with Crippen molar-refractivity contribution in [2.24, 2.45) is 0 Å². The molecule has 2 heterocycles. The molecule has 1 aliphatic rings. The summed E-state index contributed by atoms with van der Waals surface area (Å²) in [6, 6.07) is 10.4. The van der Waals surface area contributed by atoms with Gasteiger partial charge in [-0.2, -0.15) is 0 Å². The minimum absolute atomic E-state index is 0.132. The van der Waals surface area contributed by atoms with Gasteiger partial charge in [-0.1, -0.05) is 18.2 Å². The topological polar surface area (TPSA) is 54.0 Å². The molecule has 4 heteroatoms. The normalized spacial score (nSPS) is 19.1. The second-order valence-corrected chi connectivity index (χ2v) is 4.57. The summed E-state index contributed by atoms with van der Waals surface area (Å²) in [6.45, 7) is 1.49. The summed E-state index contributed by atoms with van der Waals surface area (Å²) < 4.78 is 0. The van der Waals surface area contributed by atoms with E-state index in [1.54, 1.807) is 0 Å². The number of rotatable bonds is 3. The van der Waals surface area contributed by atoms with Crippen LogP contribution in [0, 0.1) is 0 Å². The Morgan fingerprint density at radius 3 is 3.06 bits per heavy atom. The van der Waals surface area contributed by atoms with Crippen molar-refractivity contribution in [3.63, 3.8) is 0 Å². The van der Waals surface area contributed by atoms with Gasteiger partial charge in [-0.3, -0.25) is 9.78 Å². The van der Waals surface area contributed by atoms with Gasteiger partial charge in [0.2, 0.25) is 5.91 Å². The Bertz CT molecular complexity index is 577. The lowest BCUT2D eigenvalue weighted by atomic mass is 10.1. The second-order valence-electron chi connectivity index (χ2n) is 4.57. The number of fused-ring (bicyclic) bond motifs is 1. The number of amides is 1. The van der Waals surface area contributed by atoms with Crippen LogP contribution in [0.4, 0.5) is 0 Å². The van der Waals surface area contributed by atoms with E-state index in [-0.39, 0.29) is 11.9 Å². The summed E-state index contributed by atoms with van der Waals surface area (Å²) >= 11 is 0. The van der Waals surface area contributed by atoms with Crippen molar-refractivity contribution in [3.8, 4) is 0 Å². The van der Waals surface area contributed by atoms with E-state index in [9.17, 15) is 4.79 Å². The average Bonchev–Trinajstić information content (AvgIpc) is 2.82. The number of carbonyl (C=O) groups excluding carboxylic acids is 1. The van der Waals surface area contributed by atoms with Crippen molar-refractivity contribution < 1.29 is 4.79 Å². The van der Waals surface area contributed by atoms with Crippen LogP contribution in [0.15, 0.2) is 36.5 Å². The number of benzene rings is 1. The molecular formula is C14H15N3O. The summed E-state index contributed by atoms with van der Waals surface area (Å²) in [5.74, 6) is 0.132. The third-order valence-electron chi connectivity index (χ3n) is 3.30. The smallest absolute Gasteiger partial charge is 0.221 e. The number of aromatic nitrogens is 1. The first-order valence-corrected chi connectivity index (χ1v) is 6.15. The average molecular weight is 241 g/mol. The molecule has 4 nitrogen and oxygen atoms in total. The number of nitrogens with zero attached hydrogens (tertiary/aromatic N) is 1. The monoisotopic (exact) mass is 241 g/mol. The van der Waals surface area contributed by atoms with Gasteiger partial charge in [0, 0.05) is 37.1 Å². The molecule has 1 aromatic carbocycles. The van der Waals surface area contributed by atoms with Crippen LogP contribution in [-0.4, -0.2) is 23.5 Å². The molecule has 1 amide bonds. The third kappa shape index (κ3) is 2.19. The standard InChI is InChI=1S/C14H15N3O/c18-14-7-11(9-17-14)16-8-10-5-6-15-13-4-2-1-3-12(10)13/h1-6,11,16H,7-9H2,(H,17,18). The quantitative estimate of drug-likeness (QED) is 0.849. The van der Waals surface area contributed by atoms with E-state index in [0.717, 1.165) is 18.6 Å². The van der Waals surface area contributed by atoms with Crippen molar-refractivity contribution in [1.82, 2.24) is 15.6 Å². The highest BCUT2D eigenvalue weighted by atomic mass is 16.1. The zero-order valence-corrected chi connectivity index (χ0v) is 10.0. The van der Waals surface area contributed by atoms with E-state index in [1.165, 1.54) is 10.9 Å². The van der Waals surface area contributed by atoms with E-state index < -0.39 is 0 Å². The van der Waals surface area contributed by atoms with Crippen LogP contribution in [0.25, 0.3) is 10.9 Å². The number of para-hydroxylation sites is 1. The zero-order valence-electron chi connectivity index (χ0n) is 10.0. The summed E-state index contributed by atoms with van der Waals surface area (Å²) in [5.41, 5.74) is 2.23. The van der Waals surface area contributed by atoms with Crippen molar-refractivity contribution in [2.75, 3.05) is 6.54 Å². The Morgan fingerprint density at radius 2 is 2.22 bits per heavy atom. The molecule has 1 atom stereocenters. The van der Waals surface area contributed by atoms with Gasteiger partial charge in [0.1, 0.15) is 0 Å². The first-order valence-electron chi connectivity index (χ1n) is 6.15. The fourth-order valence-electron chi connectivity index (χ4n) is 2.31. The molecule has 1 aromatic heterocycles. The molecule has 3 rings (SSSR count). The van der Waals surface area contributed by atoms with E-state index in [0.29, 0.717) is 6.42 Å². The number of nitrogens with one attached hydrogen (secondary N) is 2. The summed E-state index contributed by atoms with van der Waals surface area (Å²) in [5, 5.41) is 7.41. The van der Waals surface area contributed by atoms with Gasteiger partial charge in [-0.05, 0) is 17.7 Å². The largest absolute Gasteiger partial charge is 0.354 e. The van der Waals surface area contributed by atoms with Crippen LogP contribution in [-0.2, 0) is 11.3 Å². The maximum absolute atomic E-state index is 11.1. The lowest BCUT2D eigenvalue weighted by Gasteiger charge is -2.11. The maximum Gasteiger partial charge on any atom is 0.221 e. The van der Waals surface area contributed by atoms with Gasteiger partial charge in [0.25, 0.3) is 0 Å². The molecule has 0 spiro atoms. The molecule has 1 fully saturated rings. The summed E-state index contributed by atoms with van der Waals surface area (Å²) in [4.78, 5) is 15.5. The second kappa shape index (κ2) is 4.74. The van der Waals surface area contributed by atoms with Crippen LogP contribution in [0.3, 0.4) is 0 Å². The molecular weight excluding hydrogens is 226 g/mol. The van der Waals surface area contributed by atoms with Crippen LogP contribution in [0.1, 0.15) is 12.0 Å². The lowest BCUT2D eigenvalue weighted by molar-refractivity contribution is -0.119. The molecule has 0 bridgehead atoms. The summed E-state index contributed by atoms with van der Waals surface area (Å²) in [6.07, 6.45) is 2.40. The molecule has 1 saturated heterocycles. The van der Waals surface area contributed by atoms with Gasteiger partial charge >= 0.3 is 0 Å². The van der Waals surface area contributed by atoms with E-state index in [1.807, 2.05) is 30.5 Å². The SMILES string of the molecule is O=C1CC(NCc2ccnc3ccccc23)CN1. The van der Waals surface area contributed by atoms with E-state index in [2.05, 4.69) is 21.7 Å². The highest BCUT2D eigenvalue weighted by Crippen LogP contribution is 2.16. The zero-order chi connectivity index (χ0) is 12.4. The summed E-state index contributed by atoms with van der Waals surface area (Å²) in [7, 11) is 0. The molecule has 1 unspecified atom stereocenters. The highest BCUT2D eigenvalue weighted by molar-refractivity contribution is 5.82. The van der Waals surface area contributed by atoms with E-state index >= 15 is 0 Å². The Morgan fingerprint density at radius 1 is 1.33 bits per heavy atom. The Hall–Kier alpha value is -1.94. The first kappa shape index (κ1) is 11.2. The number of hydrogen-bond donors (Lipinski definition) is 2. The van der Waals surface area contributed by atoms with Crippen molar-refractivity contribution in [3.05, 3.63) is 42.1 Å². The van der Waals surface area contributed by atoms with E-state index in [4.69, 9.17) is 0 Å². The first-order chi connectivity index (χ1) is 8.83. The minimum atomic E-state index is 0.132. The Kier molecular flexibility index (Phi) is 2.94. The molecule has 0 saturated carbocycles. The molecule has 2 aromatic rings. The molecule has 0 aliphatic carbocycles. The highest BCUT2D eigenvalue weighted by Gasteiger charge is 2.20. The number of hydrogen-bond acceptors (Lipinski definition) is 3. The molecule has 0 radical (unpaired) electrons. The number of carbonyl (C=O) groups is 1. The molecule has 2 N–H and O–H groups in total. The van der Waals surface area contributed by atoms with Crippen LogP contribution >= 0.6 is 0 Å². The van der Waals surface area contributed by atoms with Gasteiger partial charge in [0.15, 0.2) is 0 Å². The van der Waals surface area contributed by atoms with Crippen LogP contribution < -0.4 is 10.6 Å². The molecule has 92 valence electrons. The fourth-order valence-corrected chi connectivity index (χ4v) is 2.31. The van der Waals surface area contributed by atoms with Gasteiger partial charge in [-0.15, -0.1) is 0 Å². The Balaban J connectivity index is 1.76. The van der Waals surface area contributed by atoms with Gasteiger partial charge in [-0.25, -0.2) is 0 Å². The minimum Gasteiger partial charge on any atom is -0.354 e. The number of pyridine rings is 1. The Labute approximate surface area is 105 Å².